The van der Waals surface area contributed by atoms with E-state index in [1.807, 2.05) is 25.9 Å². The van der Waals surface area contributed by atoms with Crippen LogP contribution in [0.4, 0.5) is 5.13 Å². The van der Waals surface area contributed by atoms with Crippen molar-refractivity contribution in [1.29, 1.82) is 0 Å². The van der Waals surface area contributed by atoms with Gasteiger partial charge in [-0.3, -0.25) is 4.99 Å². The van der Waals surface area contributed by atoms with Crippen LogP contribution >= 0.6 is 22.7 Å². The minimum Gasteiger partial charge on any atom is -0.356 e. The van der Waals surface area contributed by atoms with E-state index in [0.717, 1.165) is 40.5 Å². The van der Waals surface area contributed by atoms with Gasteiger partial charge >= 0.3 is 0 Å². The van der Waals surface area contributed by atoms with E-state index < -0.39 is 0 Å². The van der Waals surface area contributed by atoms with Crippen molar-refractivity contribution >= 4 is 33.8 Å². The molecule has 2 aromatic rings. The fourth-order valence-corrected chi connectivity index (χ4v) is 3.22. The van der Waals surface area contributed by atoms with Crippen molar-refractivity contribution in [2.24, 2.45) is 4.99 Å². The van der Waals surface area contributed by atoms with Crippen molar-refractivity contribution in [3.8, 4) is 0 Å². The molecule has 0 aliphatic carbocycles. The number of anilines is 1. The summed E-state index contributed by atoms with van der Waals surface area (Å²) in [5, 5.41) is 12.9. The number of aliphatic imine (C=N–C) groups is 1. The van der Waals surface area contributed by atoms with E-state index in [2.05, 4.69) is 36.4 Å². The lowest BCUT2D eigenvalue weighted by molar-refractivity contribution is 0.778. The maximum Gasteiger partial charge on any atom is 0.191 e. The molecule has 2 heterocycles. The fourth-order valence-electron chi connectivity index (χ4n) is 1.81. The number of aromatic nitrogens is 2. The highest BCUT2D eigenvalue weighted by Gasteiger charge is 2.05. The molecule has 0 fully saturated rings. The lowest BCUT2D eigenvalue weighted by atomic mass is 10.3. The highest BCUT2D eigenvalue weighted by Crippen LogP contribution is 2.17. The van der Waals surface area contributed by atoms with E-state index in [1.54, 1.807) is 29.7 Å². The second-order valence-corrected chi connectivity index (χ2v) is 6.88. The van der Waals surface area contributed by atoms with Gasteiger partial charge in [-0.05, 0) is 6.92 Å². The van der Waals surface area contributed by atoms with Crippen molar-refractivity contribution in [2.45, 2.75) is 19.9 Å². The molecule has 0 saturated carbocycles. The zero-order chi connectivity index (χ0) is 15.9. The third-order valence-corrected chi connectivity index (χ3v) is 4.80. The minimum atomic E-state index is 0.666. The molecule has 22 heavy (non-hydrogen) atoms. The summed E-state index contributed by atoms with van der Waals surface area (Å²) in [6.07, 6.45) is 0.895. The molecule has 2 N–H and O–H groups in total. The Labute approximate surface area is 139 Å². The molecule has 0 aliphatic heterocycles. The normalized spacial score (nSPS) is 11.5. The van der Waals surface area contributed by atoms with E-state index in [-0.39, 0.29) is 0 Å². The van der Waals surface area contributed by atoms with Crippen molar-refractivity contribution in [2.75, 3.05) is 32.6 Å². The Balaban J connectivity index is 1.74. The summed E-state index contributed by atoms with van der Waals surface area (Å²) in [6, 6.07) is 0. The maximum absolute atomic E-state index is 4.54. The molecule has 6 nitrogen and oxygen atoms in total. The summed E-state index contributed by atoms with van der Waals surface area (Å²) < 4.78 is 0. The van der Waals surface area contributed by atoms with Gasteiger partial charge in [-0.1, -0.05) is 0 Å². The van der Waals surface area contributed by atoms with Gasteiger partial charge in [0.1, 0.15) is 0 Å². The van der Waals surface area contributed by atoms with Gasteiger partial charge in [0.05, 0.1) is 22.9 Å². The summed E-state index contributed by atoms with van der Waals surface area (Å²) in [4.78, 5) is 15.2. The van der Waals surface area contributed by atoms with Crippen LogP contribution in [0.25, 0.3) is 0 Å². The van der Waals surface area contributed by atoms with E-state index in [1.165, 1.54) is 0 Å². The Morgan fingerprint density at radius 3 is 2.55 bits per heavy atom. The van der Waals surface area contributed by atoms with Gasteiger partial charge in [0.2, 0.25) is 0 Å². The Morgan fingerprint density at radius 1 is 1.18 bits per heavy atom. The number of hydrogen-bond donors (Lipinski definition) is 2. The average molecular weight is 339 g/mol. The molecule has 0 aromatic carbocycles. The maximum atomic E-state index is 4.54. The second-order valence-electron chi connectivity index (χ2n) is 4.98. The van der Waals surface area contributed by atoms with Crippen LogP contribution in [0.2, 0.25) is 0 Å². The van der Waals surface area contributed by atoms with Crippen LogP contribution in [0.1, 0.15) is 16.4 Å². The first kappa shape index (κ1) is 16.7. The first-order valence-electron chi connectivity index (χ1n) is 7.05. The Morgan fingerprint density at radius 2 is 1.95 bits per heavy atom. The number of thiazole rings is 2. The molecule has 120 valence electrons. The number of hydrogen-bond acceptors (Lipinski definition) is 6. The van der Waals surface area contributed by atoms with Gasteiger partial charge in [-0.2, -0.15) is 0 Å². The number of nitrogens with zero attached hydrogens (tertiary/aromatic N) is 4. The van der Waals surface area contributed by atoms with Crippen molar-refractivity contribution in [3.63, 3.8) is 0 Å². The SMILES string of the molecule is CN=C(NCCc1csc(C)n1)NCc1csc(N(C)C)n1. The quantitative estimate of drug-likeness (QED) is 0.622. The van der Waals surface area contributed by atoms with Crippen molar-refractivity contribution in [1.82, 2.24) is 20.6 Å². The first-order valence-corrected chi connectivity index (χ1v) is 8.81. The van der Waals surface area contributed by atoms with Gasteiger partial charge in [0.25, 0.3) is 0 Å². The highest BCUT2D eigenvalue weighted by atomic mass is 32.1. The van der Waals surface area contributed by atoms with Gasteiger partial charge in [0, 0.05) is 44.9 Å². The predicted octanol–water partition coefficient (Wildman–Crippen LogP) is 1.88. The standard InChI is InChI=1S/C14H22N6S2/c1-10-18-11(8-21-10)5-6-16-13(15-2)17-7-12-9-22-14(19-12)20(3)4/h8-9H,5-7H2,1-4H3,(H2,15,16,17). The Bertz CT molecular complexity index is 616. The van der Waals surface area contributed by atoms with Gasteiger partial charge in [0.15, 0.2) is 11.1 Å². The molecule has 0 radical (unpaired) electrons. The van der Waals surface area contributed by atoms with Crippen molar-refractivity contribution < 1.29 is 0 Å². The van der Waals surface area contributed by atoms with Gasteiger partial charge < -0.3 is 15.5 Å². The second kappa shape index (κ2) is 8.09. The molecule has 0 bridgehead atoms. The summed E-state index contributed by atoms with van der Waals surface area (Å²) in [6.45, 7) is 3.50. The summed E-state index contributed by atoms with van der Waals surface area (Å²) in [7, 11) is 5.77. The number of nitrogens with one attached hydrogen (secondary N) is 2. The predicted molar refractivity (Wildman–Crippen MR) is 95.2 cm³/mol. The van der Waals surface area contributed by atoms with Crippen LogP contribution in [0, 0.1) is 6.92 Å². The molecule has 0 unspecified atom stereocenters. The van der Waals surface area contributed by atoms with E-state index in [9.17, 15) is 0 Å². The van der Waals surface area contributed by atoms with Crippen molar-refractivity contribution in [3.05, 3.63) is 27.2 Å². The number of guanidine groups is 1. The molecule has 2 rings (SSSR count). The number of aryl methyl sites for hydroxylation is 1. The molecule has 0 spiro atoms. The van der Waals surface area contributed by atoms with Crippen LogP contribution in [0.15, 0.2) is 15.8 Å². The van der Waals surface area contributed by atoms with E-state index in [0.29, 0.717) is 6.54 Å². The van der Waals surface area contributed by atoms with Crippen LogP contribution in [0.3, 0.4) is 0 Å². The molecule has 8 heteroatoms. The first-order chi connectivity index (χ1) is 10.6. The topological polar surface area (TPSA) is 65.4 Å². The largest absolute Gasteiger partial charge is 0.356 e. The summed E-state index contributed by atoms with van der Waals surface area (Å²) in [5.41, 5.74) is 2.15. The van der Waals surface area contributed by atoms with Crippen LogP contribution < -0.4 is 15.5 Å². The average Bonchev–Trinajstić information content (AvgIpc) is 3.11. The lowest BCUT2D eigenvalue weighted by Crippen LogP contribution is -2.38. The van der Waals surface area contributed by atoms with Gasteiger partial charge in [-0.15, -0.1) is 22.7 Å². The lowest BCUT2D eigenvalue weighted by Gasteiger charge is -2.10. The molecule has 0 amide bonds. The molecular formula is C14H22N6S2. The van der Waals surface area contributed by atoms with E-state index in [4.69, 9.17) is 0 Å². The van der Waals surface area contributed by atoms with Crippen LogP contribution in [-0.2, 0) is 13.0 Å². The zero-order valence-corrected chi connectivity index (χ0v) is 15.0. The molecule has 0 saturated heterocycles. The Kier molecular flexibility index (Phi) is 6.14. The highest BCUT2D eigenvalue weighted by molar-refractivity contribution is 7.13. The summed E-state index contributed by atoms with van der Waals surface area (Å²) >= 11 is 3.33. The van der Waals surface area contributed by atoms with Crippen LogP contribution in [-0.4, -0.2) is 43.6 Å². The molecule has 2 aromatic heterocycles. The smallest absolute Gasteiger partial charge is 0.191 e. The molecule has 0 aliphatic rings. The molecule has 0 atom stereocenters. The zero-order valence-electron chi connectivity index (χ0n) is 13.4. The van der Waals surface area contributed by atoms with E-state index >= 15 is 0 Å². The molecular weight excluding hydrogens is 316 g/mol. The van der Waals surface area contributed by atoms with Gasteiger partial charge in [-0.25, -0.2) is 9.97 Å². The van der Waals surface area contributed by atoms with Crippen LogP contribution in [0.5, 0.6) is 0 Å². The Hall–Kier alpha value is -1.67. The number of rotatable bonds is 6. The monoisotopic (exact) mass is 338 g/mol. The third-order valence-electron chi connectivity index (χ3n) is 2.92. The third kappa shape index (κ3) is 4.96. The fraction of sp³-hybridized carbons (Fsp3) is 0.500. The summed E-state index contributed by atoms with van der Waals surface area (Å²) in [5.74, 6) is 0.784. The minimum absolute atomic E-state index is 0.666.